The molecule has 0 spiro atoms. The minimum atomic E-state index is -0.231. The first-order valence-electron chi connectivity index (χ1n) is 6.30. The largest absolute Gasteiger partial charge is 0.396 e. The first-order valence-corrected chi connectivity index (χ1v) is 6.68. The molecule has 5 heteroatoms. The number of rotatable bonds is 6. The van der Waals surface area contributed by atoms with Crippen LogP contribution in [0.4, 0.5) is 4.79 Å². The van der Waals surface area contributed by atoms with Crippen LogP contribution >= 0.6 is 11.6 Å². The number of aliphatic hydroxyl groups is 1. The van der Waals surface area contributed by atoms with E-state index in [0.717, 1.165) is 5.56 Å². The van der Waals surface area contributed by atoms with Gasteiger partial charge in [-0.05, 0) is 23.5 Å². The zero-order valence-corrected chi connectivity index (χ0v) is 12.1. The lowest BCUT2D eigenvalue weighted by atomic mass is 9.90. The fraction of sp³-hybridized carbons (Fsp3) is 0.500. The minimum Gasteiger partial charge on any atom is -0.396 e. The average Bonchev–Trinajstić information content (AvgIpc) is 2.35. The van der Waals surface area contributed by atoms with Crippen molar-refractivity contribution in [1.82, 2.24) is 10.6 Å². The minimum absolute atomic E-state index is 0.115. The molecule has 0 bridgehead atoms. The summed E-state index contributed by atoms with van der Waals surface area (Å²) in [7, 11) is 0. The normalized spacial score (nSPS) is 11.2. The predicted molar refractivity (Wildman–Crippen MR) is 77.2 cm³/mol. The van der Waals surface area contributed by atoms with Crippen LogP contribution in [0.5, 0.6) is 0 Å². The van der Waals surface area contributed by atoms with Gasteiger partial charge in [0.25, 0.3) is 0 Å². The number of hydrogen-bond acceptors (Lipinski definition) is 2. The van der Waals surface area contributed by atoms with Crippen LogP contribution in [-0.4, -0.2) is 24.3 Å². The molecule has 106 valence electrons. The molecule has 19 heavy (non-hydrogen) atoms. The SMILES string of the molecule is CC(C)(CCO)CNC(=O)NCc1ccccc1Cl. The maximum atomic E-state index is 11.7. The second-order valence-electron chi connectivity index (χ2n) is 5.27. The fourth-order valence-electron chi connectivity index (χ4n) is 1.59. The van der Waals surface area contributed by atoms with Crippen molar-refractivity contribution in [3.05, 3.63) is 34.9 Å². The van der Waals surface area contributed by atoms with Crippen molar-refractivity contribution in [2.24, 2.45) is 5.41 Å². The van der Waals surface area contributed by atoms with E-state index in [1.165, 1.54) is 0 Å². The van der Waals surface area contributed by atoms with Gasteiger partial charge in [0.05, 0.1) is 0 Å². The van der Waals surface area contributed by atoms with Crippen molar-refractivity contribution < 1.29 is 9.90 Å². The molecule has 0 aliphatic heterocycles. The summed E-state index contributed by atoms with van der Waals surface area (Å²) in [5, 5.41) is 15.1. The lowest BCUT2D eigenvalue weighted by Gasteiger charge is -2.23. The number of carbonyl (C=O) groups is 1. The fourth-order valence-corrected chi connectivity index (χ4v) is 1.79. The lowest BCUT2D eigenvalue weighted by molar-refractivity contribution is 0.201. The third kappa shape index (κ3) is 5.94. The molecular formula is C14H21ClN2O2. The van der Waals surface area contributed by atoms with Gasteiger partial charge in [-0.15, -0.1) is 0 Å². The summed E-state index contributed by atoms with van der Waals surface area (Å²) in [6.45, 7) is 5.03. The molecule has 4 nitrogen and oxygen atoms in total. The Morgan fingerprint density at radius 1 is 1.32 bits per heavy atom. The van der Waals surface area contributed by atoms with Gasteiger partial charge in [0, 0.05) is 24.7 Å². The number of nitrogens with one attached hydrogen (secondary N) is 2. The number of aliphatic hydroxyl groups excluding tert-OH is 1. The van der Waals surface area contributed by atoms with Crippen molar-refractivity contribution in [2.75, 3.05) is 13.2 Å². The van der Waals surface area contributed by atoms with Crippen LogP contribution in [0.2, 0.25) is 5.02 Å². The van der Waals surface area contributed by atoms with Crippen LogP contribution in [0.25, 0.3) is 0 Å². The molecular weight excluding hydrogens is 264 g/mol. The van der Waals surface area contributed by atoms with Crippen LogP contribution in [0, 0.1) is 5.41 Å². The number of hydrogen-bond donors (Lipinski definition) is 3. The first kappa shape index (κ1) is 15.8. The third-order valence-corrected chi connectivity index (χ3v) is 3.28. The Morgan fingerprint density at radius 3 is 2.63 bits per heavy atom. The predicted octanol–water partition coefficient (Wildman–Crippen LogP) is 2.55. The second kappa shape index (κ2) is 7.36. The number of amides is 2. The highest BCUT2D eigenvalue weighted by molar-refractivity contribution is 6.31. The zero-order chi connectivity index (χ0) is 14.3. The highest BCUT2D eigenvalue weighted by Gasteiger charge is 2.17. The standard InChI is InChI=1S/C14H21ClN2O2/c1-14(2,7-8-18)10-17-13(19)16-9-11-5-3-4-6-12(11)15/h3-6,18H,7-10H2,1-2H3,(H2,16,17,19). The molecule has 3 N–H and O–H groups in total. The topological polar surface area (TPSA) is 61.4 Å². The number of benzene rings is 1. The van der Waals surface area contributed by atoms with Crippen LogP contribution in [0.3, 0.4) is 0 Å². The summed E-state index contributed by atoms with van der Waals surface area (Å²) in [5.74, 6) is 0. The molecule has 0 radical (unpaired) electrons. The summed E-state index contributed by atoms with van der Waals surface area (Å²) < 4.78 is 0. The van der Waals surface area contributed by atoms with Gasteiger partial charge in [0.1, 0.15) is 0 Å². The molecule has 1 aromatic rings. The summed E-state index contributed by atoms with van der Waals surface area (Å²) >= 11 is 6.00. The summed E-state index contributed by atoms with van der Waals surface area (Å²) in [5.41, 5.74) is 0.769. The van der Waals surface area contributed by atoms with Crippen LogP contribution in [0.1, 0.15) is 25.8 Å². The van der Waals surface area contributed by atoms with E-state index >= 15 is 0 Å². The van der Waals surface area contributed by atoms with Gasteiger partial charge < -0.3 is 15.7 Å². The maximum Gasteiger partial charge on any atom is 0.315 e. The monoisotopic (exact) mass is 284 g/mol. The molecule has 0 aliphatic rings. The van der Waals surface area contributed by atoms with Gasteiger partial charge in [0.2, 0.25) is 0 Å². The quantitative estimate of drug-likeness (QED) is 0.752. The smallest absolute Gasteiger partial charge is 0.315 e. The third-order valence-electron chi connectivity index (χ3n) is 2.91. The molecule has 0 aliphatic carbocycles. The van der Waals surface area contributed by atoms with Gasteiger partial charge in [-0.2, -0.15) is 0 Å². The Labute approximate surface area is 119 Å². The van der Waals surface area contributed by atoms with Crippen LogP contribution in [-0.2, 0) is 6.54 Å². The first-order chi connectivity index (χ1) is 8.94. The van der Waals surface area contributed by atoms with Crippen molar-refractivity contribution in [2.45, 2.75) is 26.8 Å². The Balaban J connectivity index is 2.35. The van der Waals surface area contributed by atoms with Gasteiger partial charge in [-0.3, -0.25) is 0 Å². The van der Waals surface area contributed by atoms with Crippen molar-refractivity contribution in [1.29, 1.82) is 0 Å². The van der Waals surface area contributed by atoms with E-state index in [2.05, 4.69) is 10.6 Å². The summed E-state index contributed by atoms with van der Waals surface area (Å²) in [6.07, 6.45) is 0.651. The van der Waals surface area contributed by atoms with Crippen LogP contribution < -0.4 is 10.6 Å². The molecule has 0 fully saturated rings. The van der Waals surface area contributed by atoms with Crippen molar-refractivity contribution >= 4 is 17.6 Å². The van der Waals surface area contributed by atoms with E-state index in [0.29, 0.717) is 24.5 Å². The van der Waals surface area contributed by atoms with E-state index in [1.54, 1.807) is 6.07 Å². The average molecular weight is 285 g/mol. The van der Waals surface area contributed by atoms with E-state index in [1.807, 2.05) is 32.0 Å². The van der Waals surface area contributed by atoms with Crippen molar-refractivity contribution in [3.63, 3.8) is 0 Å². The molecule has 0 saturated heterocycles. The Bertz CT molecular complexity index is 422. The number of carbonyl (C=O) groups excluding carboxylic acids is 1. The summed E-state index contributed by atoms with van der Waals surface area (Å²) in [6, 6.07) is 7.17. The van der Waals surface area contributed by atoms with E-state index < -0.39 is 0 Å². The molecule has 0 aromatic heterocycles. The molecule has 1 rings (SSSR count). The van der Waals surface area contributed by atoms with E-state index in [9.17, 15) is 4.79 Å². The molecule has 1 aromatic carbocycles. The Kier molecular flexibility index (Phi) is 6.12. The number of halogens is 1. The zero-order valence-electron chi connectivity index (χ0n) is 11.4. The lowest BCUT2D eigenvalue weighted by Crippen LogP contribution is -2.40. The van der Waals surface area contributed by atoms with Crippen molar-refractivity contribution in [3.8, 4) is 0 Å². The molecule has 0 atom stereocenters. The highest BCUT2D eigenvalue weighted by atomic mass is 35.5. The summed E-state index contributed by atoms with van der Waals surface area (Å²) in [4.78, 5) is 11.7. The molecule has 0 heterocycles. The Morgan fingerprint density at radius 2 is 2.00 bits per heavy atom. The molecule has 2 amide bonds. The van der Waals surface area contributed by atoms with Gasteiger partial charge in [0.15, 0.2) is 0 Å². The number of urea groups is 1. The Hall–Kier alpha value is -1.26. The van der Waals surface area contributed by atoms with Gasteiger partial charge in [-0.1, -0.05) is 43.6 Å². The van der Waals surface area contributed by atoms with Crippen LogP contribution in [0.15, 0.2) is 24.3 Å². The van der Waals surface area contributed by atoms with E-state index in [4.69, 9.17) is 16.7 Å². The maximum absolute atomic E-state index is 11.7. The van der Waals surface area contributed by atoms with Gasteiger partial charge >= 0.3 is 6.03 Å². The molecule has 0 saturated carbocycles. The molecule has 0 unspecified atom stereocenters. The second-order valence-corrected chi connectivity index (χ2v) is 5.67. The van der Waals surface area contributed by atoms with E-state index in [-0.39, 0.29) is 18.1 Å². The van der Waals surface area contributed by atoms with Gasteiger partial charge in [-0.25, -0.2) is 4.79 Å². The highest BCUT2D eigenvalue weighted by Crippen LogP contribution is 2.18.